The summed E-state index contributed by atoms with van der Waals surface area (Å²) in [5.41, 5.74) is 2.95. The van der Waals surface area contributed by atoms with Gasteiger partial charge in [-0.25, -0.2) is 0 Å². The average Bonchev–Trinajstić information content (AvgIpc) is 2.70. The molecule has 1 N–H and O–H groups in total. The molecular weight excluding hydrogens is 330 g/mol. The molecule has 0 aliphatic heterocycles. The lowest BCUT2D eigenvalue weighted by atomic mass is 10.1. The van der Waals surface area contributed by atoms with E-state index in [2.05, 4.69) is 16.4 Å². The predicted molar refractivity (Wildman–Crippen MR) is 99.9 cm³/mol. The predicted octanol–water partition coefficient (Wildman–Crippen LogP) is 3.74. The molecule has 0 unspecified atom stereocenters. The third-order valence-electron chi connectivity index (χ3n) is 4.14. The van der Waals surface area contributed by atoms with Crippen LogP contribution < -0.4 is 19.5 Å². The number of anilines is 1. The molecule has 1 aromatic heterocycles. The van der Waals surface area contributed by atoms with Gasteiger partial charge in [-0.1, -0.05) is 18.2 Å². The van der Waals surface area contributed by atoms with Crippen molar-refractivity contribution in [3.05, 3.63) is 53.7 Å². The Bertz CT molecular complexity index is 980. The van der Waals surface area contributed by atoms with E-state index in [1.807, 2.05) is 36.4 Å². The van der Waals surface area contributed by atoms with Crippen LogP contribution in [0.25, 0.3) is 10.9 Å². The SMILES string of the molecule is COc1ccc(CNc2c(C#N)cnc3ccccc23)c(OC)c1OC. The maximum atomic E-state index is 9.44. The van der Waals surface area contributed by atoms with Gasteiger partial charge in [-0.05, 0) is 18.2 Å². The maximum Gasteiger partial charge on any atom is 0.203 e. The third kappa shape index (κ3) is 3.07. The first kappa shape index (κ1) is 17.4. The van der Waals surface area contributed by atoms with E-state index in [1.54, 1.807) is 27.5 Å². The highest BCUT2D eigenvalue weighted by Crippen LogP contribution is 2.40. The number of rotatable bonds is 6. The Hall–Kier alpha value is -3.46. The fraction of sp³-hybridized carbons (Fsp3) is 0.200. The minimum absolute atomic E-state index is 0.451. The molecular formula is C20H19N3O3. The van der Waals surface area contributed by atoms with Crippen molar-refractivity contribution in [2.45, 2.75) is 6.54 Å². The number of nitrogens with one attached hydrogen (secondary N) is 1. The molecule has 0 radical (unpaired) electrons. The summed E-state index contributed by atoms with van der Waals surface area (Å²) in [7, 11) is 4.74. The number of para-hydroxylation sites is 1. The van der Waals surface area contributed by atoms with E-state index in [9.17, 15) is 5.26 Å². The van der Waals surface area contributed by atoms with Gasteiger partial charge in [-0.2, -0.15) is 5.26 Å². The summed E-state index contributed by atoms with van der Waals surface area (Å²) in [6, 6.07) is 13.6. The Kier molecular flexibility index (Phi) is 5.09. The van der Waals surface area contributed by atoms with E-state index in [-0.39, 0.29) is 0 Å². The van der Waals surface area contributed by atoms with Gasteiger partial charge >= 0.3 is 0 Å². The van der Waals surface area contributed by atoms with Crippen LogP contribution in [0.2, 0.25) is 0 Å². The van der Waals surface area contributed by atoms with Crippen LogP contribution in [-0.4, -0.2) is 26.3 Å². The highest BCUT2D eigenvalue weighted by Gasteiger charge is 2.16. The second kappa shape index (κ2) is 7.62. The third-order valence-corrected chi connectivity index (χ3v) is 4.14. The van der Waals surface area contributed by atoms with Crippen molar-refractivity contribution in [3.63, 3.8) is 0 Å². The lowest BCUT2D eigenvalue weighted by Crippen LogP contribution is -2.06. The van der Waals surface area contributed by atoms with Crippen molar-refractivity contribution in [2.75, 3.05) is 26.6 Å². The number of hydrogen-bond donors (Lipinski definition) is 1. The smallest absolute Gasteiger partial charge is 0.203 e. The Morgan fingerprint density at radius 3 is 2.46 bits per heavy atom. The molecule has 0 aliphatic carbocycles. The van der Waals surface area contributed by atoms with Gasteiger partial charge in [0, 0.05) is 23.7 Å². The van der Waals surface area contributed by atoms with Crippen molar-refractivity contribution >= 4 is 16.6 Å². The second-order valence-electron chi connectivity index (χ2n) is 5.52. The van der Waals surface area contributed by atoms with Crippen molar-refractivity contribution in [1.82, 2.24) is 4.98 Å². The van der Waals surface area contributed by atoms with Crippen LogP contribution in [0, 0.1) is 11.3 Å². The topological polar surface area (TPSA) is 76.4 Å². The summed E-state index contributed by atoms with van der Waals surface area (Å²) in [5.74, 6) is 1.73. The molecule has 0 atom stereocenters. The van der Waals surface area contributed by atoms with E-state index in [0.717, 1.165) is 22.2 Å². The first-order chi connectivity index (χ1) is 12.7. The van der Waals surface area contributed by atoms with E-state index >= 15 is 0 Å². The molecule has 3 rings (SSSR count). The molecule has 132 valence electrons. The number of methoxy groups -OCH3 is 3. The molecule has 0 fully saturated rings. The summed E-state index contributed by atoms with van der Waals surface area (Å²) < 4.78 is 16.3. The second-order valence-corrected chi connectivity index (χ2v) is 5.52. The average molecular weight is 349 g/mol. The van der Waals surface area contributed by atoms with E-state index < -0.39 is 0 Å². The highest BCUT2D eigenvalue weighted by molar-refractivity contribution is 5.93. The molecule has 2 aromatic carbocycles. The zero-order valence-electron chi connectivity index (χ0n) is 14.9. The summed E-state index contributed by atoms with van der Waals surface area (Å²) in [6.07, 6.45) is 1.58. The van der Waals surface area contributed by atoms with Crippen molar-refractivity contribution in [2.24, 2.45) is 0 Å². The lowest BCUT2D eigenvalue weighted by Gasteiger charge is -2.17. The van der Waals surface area contributed by atoms with Gasteiger partial charge < -0.3 is 19.5 Å². The summed E-state index contributed by atoms with van der Waals surface area (Å²) >= 11 is 0. The molecule has 6 nitrogen and oxygen atoms in total. The van der Waals surface area contributed by atoms with Crippen LogP contribution >= 0.6 is 0 Å². The molecule has 0 aliphatic rings. The van der Waals surface area contributed by atoms with Crippen LogP contribution in [0.3, 0.4) is 0 Å². The molecule has 1 heterocycles. The Balaban J connectivity index is 2.00. The highest BCUT2D eigenvalue weighted by atomic mass is 16.5. The van der Waals surface area contributed by atoms with E-state index in [1.165, 1.54) is 0 Å². The van der Waals surface area contributed by atoms with Crippen molar-refractivity contribution in [3.8, 4) is 23.3 Å². The molecule has 0 saturated carbocycles. The number of pyridine rings is 1. The fourth-order valence-electron chi connectivity index (χ4n) is 2.90. The van der Waals surface area contributed by atoms with Gasteiger partial charge in [-0.15, -0.1) is 0 Å². The number of nitriles is 1. The van der Waals surface area contributed by atoms with Gasteiger partial charge in [0.15, 0.2) is 11.5 Å². The first-order valence-electron chi connectivity index (χ1n) is 8.03. The molecule has 3 aromatic rings. The molecule has 26 heavy (non-hydrogen) atoms. The van der Waals surface area contributed by atoms with Gasteiger partial charge in [0.1, 0.15) is 6.07 Å². The van der Waals surface area contributed by atoms with Crippen LogP contribution in [0.5, 0.6) is 17.2 Å². The molecule has 6 heteroatoms. The molecule has 0 saturated heterocycles. The summed E-state index contributed by atoms with van der Waals surface area (Å²) in [6.45, 7) is 0.451. The standard InChI is InChI=1S/C20H19N3O3/c1-24-17-9-8-13(19(25-2)20(17)26-3)11-23-18-14(10-21)12-22-16-7-5-4-6-15(16)18/h4-9,12H,11H2,1-3H3,(H,22,23). The van der Waals surface area contributed by atoms with Crippen LogP contribution in [0.1, 0.15) is 11.1 Å². The summed E-state index contributed by atoms with van der Waals surface area (Å²) in [5, 5.41) is 13.7. The maximum absolute atomic E-state index is 9.44. The van der Waals surface area contributed by atoms with Gasteiger partial charge in [0.25, 0.3) is 0 Å². The van der Waals surface area contributed by atoms with Gasteiger partial charge in [0.05, 0.1) is 38.1 Å². The van der Waals surface area contributed by atoms with E-state index in [0.29, 0.717) is 29.4 Å². The number of nitrogens with zero attached hydrogens (tertiary/aromatic N) is 2. The van der Waals surface area contributed by atoms with Crippen LogP contribution in [0.4, 0.5) is 5.69 Å². The van der Waals surface area contributed by atoms with Crippen molar-refractivity contribution in [1.29, 1.82) is 5.26 Å². The monoisotopic (exact) mass is 349 g/mol. The van der Waals surface area contributed by atoms with E-state index in [4.69, 9.17) is 14.2 Å². The number of ether oxygens (including phenoxy) is 3. The number of aromatic nitrogens is 1. The lowest BCUT2D eigenvalue weighted by molar-refractivity contribution is 0.322. The zero-order chi connectivity index (χ0) is 18.5. The minimum Gasteiger partial charge on any atom is -0.493 e. The molecule has 0 bridgehead atoms. The Morgan fingerprint density at radius 2 is 1.77 bits per heavy atom. The zero-order valence-corrected chi connectivity index (χ0v) is 14.9. The fourth-order valence-corrected chi connectivity index (χ4v) is 2.90. The molecule has 0 spiro atoms. The minimum atomic E-state index is 0.451. The Labute approximate surface area is 151 Å². The number of fused-ring (bicyclic) bond motifs is 1. The Morgan fingerprint density at radius 1 is 1.00 bits per heavy atom. The number of benzene rings is 2. The normalized spacial score (nSPS) is 10.2. The largest absolute Gasteiger partial charge is 0.493 e. The van der Waals surface area contributed by atoms with Crippen LogP contribution in [0.15, 0.2) is 42.6 Å². The number of hydrogen-bond acceptors (Lipinski definition) is 6. The quantitative estimate of drug-likeness (QED) is 0.730. The van der Waals surface area contributed by atoms with Crippen LogP contribution in [-0.2, 0) is 6.54 Å². The summed E-state index contributed by atoms with van der Waals surface area (Å²) in [4.78, 5) is 4.33. The molecule has 0 amide bonds. The van der Waals surface area contributed by atoms with Gasteiger partial charge in [0.2, 0.25) is 5.75 Å². The van der Waals surface area contributed by atoms with Gasteiger partial charge in [-0.3, -0.25) is 4.98 Å². The van der Waals surface area contributed by atoms with Crippen molar-refractivity contribution < 1.29 is 14.2 Å². The first-order valence-corrected chi connectivity index (χ1v) is 8.03.